The summed E-state index contributed by atoms with van der Waals surface area (Å²) in [6, 6.07) is 9.83. The van der Waals surface area contributed by atoms with Crippen LogP contribution in [-0.4, -0.2) is 10.7 Å². The largest absolute Gasteiger partial charge is 0.295 e. The topological polar surface area (TPSA) is 60.2 Å². The lowest BCUT2D eigenvalue weighted by atomic mass is 10.2. The number of hydrogen-bond donors (Lipinski definition) is 0. The molecule has 0 aliphatic heterocycles. The van der Waals surface area contributed by atoms with E-state index in [1.54, 1.807) is 36.4 Å². The lowest BCUT2D eigenvalue weighted by Crippen LogP contribution is -1.90. The van der Waals surface area contributed by atoms with E-state index in [-0.39, 0.29) is 11.5 Å². The van der Waals surface area contributed by atoms with Crippen molar-refractivity contribution in [3.8, 4) is 0 Å². The van der Waals surface area contributed by atoms with Crippen LogP contribution in [0, 0.1) is 10.1 Å². The monoisotopic (exact) mass is 367 g/mol. The van der Waals surface area contributed by atoms with Crippen LogP contribution in [0.2, 0.25) is 10.0 Å². The van der Waals surface area contributed by atoms with E-state index in [1.165, 1.54) is 30.8 Å². The van der Waals surface area contributed by atoms with Crippen LogP contribution < -0.4 is 0 Å². The van der Waals surface area contributed by atoms with Gasteiger partial charge in [0.2, 0.25) is 0 Å². The highest BCUT2D eigenvalue weighted by atomic mass is 35.5. The fourth-order valence-corrected chi connectivity index (χ4v) is 3.30. The van der Waals surface area contributed by atoms with Crippen LogP contribution in [-0.2, 0) is 4.79 Å². The molecule has 4 nitrogen and oxygen atoms in total. The van der Waals surface area contributed by atoms with E-state index < -0.39 is 4.92 Å². The highest BCUT2D eigenvalue weighted by Gasteiger charge is 2.16. The quantitative estimate of drug-likeness (QED) is 0.388. The van der Waals surface area contributed by atoms with E-state index >= 15 is 0 Å². The summed E-state index contributed by atoms with van der Waals surface area (Å²) in [4.78, 5) is 22.7. The van der Waals surface area contributed by atoms with Gasteiger partial charge in [0.15, 0.2) is 5.78 Å². The van der Waals surface area contributed by atoms with Crippen LogP contribution in [0.15, 0.2) is 52.3 Å². The third-order valence-corrected chi connectivity index (χ3v) is 4.99. The van der Waals surface area contributed by atoms with Gasteiger partial charge in [-0.2, -0.15) is 0 Å². The number of nitrogens with zero attached hydrogens (tertiary/aromatic N) is 1. The first-order valence-corrected chi connectivity index (χ1v) is 8.05. The molecule has 0 aromatic heterocycles. The molecule has 0 bridgehead atoms. The molecule has 118 valence electrons. The molecule has 0 aliphatic rings. The van der Waals surface area contributed by atoms with Crippen molar-refractivity contribution in [3.63, 3.8) is 0 Å². The Kier molecular flexibility index (Phi) is 5.82. The number of nitro groups is 1. The van der Waals surface area contributed by atoms with Crippen molar-refractivity contribution >= 4 is 52.5 Å². The van der Waals surface area contributed by atoms with Gasteiger partial charge in [-0.15, -0.1) is 0 Å². The Balaban J connectivity index is 2.38. The van der Waals surface area contributed by atoms with E-state index in [4.69, 9.17) is 23.2 Å². The van der Waals surface area contributed by atoms with Crippen molar-refractivity contribution in [2.24, 2.45) is 0 Å². The zero-order valence-corrected chi connectivity index (χ0v) is 14.3. The van der Waals surface area contributed by atoms with Crippen LogP contribution in [0.25, 0.3) is 6.08 Å². The minimum Gasteiger partial charge on any atom is -0.295 e. The normalized spacial score (nSPS) is 10.9. The molecule has 0 unspecified atom stereocenters. The second kappa shape index (κ2) is 7.64. The molecule has 2 aromatic carbocycles. The fraction of sp³-hybridized carbons (Fsp3) is 0.0625. The first-order valence-electron chi connectivity index (χ1n) is 6.48. The summed E-state index contributed by atoms with van der Waals surface area (Å²) >= 11 is 13.6. The number of nitro benzene ring substituents is 1. The third kappa shape index (κ3) is 4.34. The van der Waals surface area contributed by atoms with Crippen LogP contribution in [0.1, 0.15) is 12.5 Å². The highest BCUT2D eigenvalue weighted by molar-refractivity contribution is 7.99. The molecule has 0 spiro atoms. The van der Waals surface area contributed by atoms with Gasteiger partial charge in [-0.25, -0.2) is 0 Å². The van der Waals surface area contributed by atoms with Crippen LogP contribution in [0.4, 0.5) is 5.69 Å². The number of benzene rings is 2. The van der Waals surface area contributed by atoms with Crippen molar-refractivity contribution < 1.29 is 9.72 Å². The Morgan fingerprint density at radius 3 is 2.48 bits per heavy atom. The standard InChI is InChI=1S/C16H11Cl2NO3S/c1-10(20)6-7-11-8-9-14(16(18)15(11)17)23-13-5-3-2-4-12(13)19(21)22/h2-9H,1H3/b7-6+. The summed E-state index contributed by atoms with van der Waals surface area (Å²) in [7, 11) is 0. The summed E-state index contributed by atoms with van der Waals surface area (Å²) in [6.07, 6.45) is 2.97. The Morgan fingerprint density at radius 1 is 1.13 bits per heavy atom. The zero-order chi connectivity index (χ0) is 17.0. The van der Waals surface area contributed by atoms with Gasteiger partial charge >= 0.3 is 0 Å². The Labute approximate surface area is 147 Å². The smallest absolute Gasteiger partial charge is 0.283 e. The van der Waals surface area contributed by atoms with Gasteiger partial charge in [-0.1, -0.05) is 53.2 Å². The molecular formula is C16H11Cl2NO3S. The minimum absolute atomic E-state index is 0.00485. The molecule has 0 radical (unpaired) electrons. The minimum atomic E-state index is -0.443. The lowest BCUT2D eigenvalue weighted by molar-refractivity contribution is -0.387. The number of halogens is 2. The van der Waals surface area contributed by atoms with Crippen molar-refractivity contribution in [2.75, 3.05) is 0 Å². The fourth-order valence-electron chi connectivity index (χ4n) is 1.77. The highest BCUT2D eigenvalue weighted by Crippen LogP contribution is 2.41. The van der Waals surface area contributed by atoms with Gasteiger partial charge in [-0.3, -0.25) is 14.9 Å². The number of carbonyl (C=O) groups excluding carboxylic acids is 1. The first-order chi connectivity index (χ1) is 10.9. The number of hydrogen-bond acceptors (Lipinski definition) is 4. The van der Waals surface area contributed by atoms with Gasteiger partial charge in [0, 0.05) is 11.0 Å². The maximum Gasteiger partial charge on any atom is 0.283 e. The molecule has 2 rings (SSSR count). The second-order valence-corrected chi connectivity index (χ2v) is 6.39. The average molecular weight is 368 g/mol. The molecule has 7 heteroatoms. The SMILES string of the molecule is CC(=O)/C=C/c1ccc(Sc2ccccc2[N+](=O)[O-])c(Cl)c1Cl. The van der Waals surface area contributed by atoms with E-state index in [9.17, 15) is 14.9 Å². The zero-order valence-electron chi connectivity index (χ0n) is 12.0. The molecule has 0 fully saturated rings. The summed E-state index contributed by atoms with van der Waals surface area (Å²) < 4.78 is 0. The summed E-state index contributed by atoms with van der Waals surface area (Å²) in [6.45, 7) is 1.44. The molecule has 0 aliphatic carbocycles. The summed E-state index contributed by atoms with van der Waals surface area (Å²) in [5.41, 5.74) is 0.615. The molecule has 0 heterocycles. The molecule has 0 saturated carbocycles. The van der Waals surface area contributed by atoms with E-state index in [0.29, 0.717) is 25.4 Å². The van der Waals surface area contributed by atoms with Crippen molar-refractivity contribution in [2.45, 2.75) is 16.7 Å². The first kappa shape index (κ1) is 17.5. The predicted octanol–water partition coefficient (Wildman–Crippen LogP) is 5.66. The number of para-hydroxylation sites is 1. The van der Waals surface area contributed by atoms with Crippen molar-refractivity contribution in [3.05, 3.63) is 68.2 Å². The molecular weight excluding hydrogens is 357 g/mol. The van der Waals surface area contributed by atoms with Gasteiger partial charge in [-0.05, 0) is 36.8 Å². The number of ketones is 1. The Bertz CT molecular complexity index is 806. The third-order valence-electron chi connectivity index (χ3n) is 2.86. The Hall–Kier alpha value is -1.82. The number of carbonyl (C=O) groups is 1. The van der Waals surface area contributed by atoms with Crippen LogP contribution >= 0.6 is 35.0 Å². The molecule has 0 N–H and O–H groups in total. The predicted molar refractivity (Wildman–Crippen MR) is 93.4 cm³/mol. The van der Waals surface area contributed by atoms with Crippen molar-refractivity contribution in [1.82, 2.24) is 0 Å². The maximum atomic E-state index is 11.1. The Morgan fingerprint density at radius 2 is 1.83 bits per heavy atom. The van der Waals surface area contributed by atoms with Crippen LogP contribution in [0.5, 0.6) is 0 Å². The van der Waals surface area contributed by atoms with Crippen molar-refractivity contribution in [1.29, 1.82) is 0 Å². The number of allylic oxidation sites excluding steroid dienone is 1. The van der Waals surface area contributed by atoms with E-state index in [0.717, 1.165) is 0 Å². The van der Waals surface area contributed by atoms with Gasteiger partial charge in [0.25, 0.3) is 5.69 Å². The van der Waals surface area contributed by atoms with E-state index in [2.05, 4.69) is 0 Å². The van der Waals surface area contributed by atoms with Gasteiger partial charge in [0.1, 0.15) is 0 Å². The second-order valence-electron chi connectivity index (χ2n) is 4.55. The average Bonchev–Trinajstić information content (AvgIpc) is 2.51. The molecule has 23 heavy (non-hydrogen) atoms. The van der Waals surface area contributed by atoms with Gasteiger partial charge < -0.3 is 0 Å². The molecule has 0 atom stereocenters. The lowest BCUT2D eigenvalue weighted by Gasteiger charge is -2.08. The maximum absolute atomic E-state index is 11.1. The molecule has 0 amide bonds. The molecule has 2 aromatic rings. The van der Waals surface area contributed by atoms with Gasteiger partial charge in [0.05, 0.1) is 19.9 Å². The number of rotatable bonds is 5. The summed E-state index contributed by atoms with van der Waals surface area (Å²) in [5, 5.41) is 11.7. The van der Waals surface area contributed by atoms with Crippen LogP contribution in [0.3, 0.4) is 0 Å². The van der Waals surface area contributed by atoms with E-state index in [1.807, 2.05) is 0 Å². The molecule has 0 saturated heterocycles. The summed E-state index contributed by atoms with van der Waals surface area (Å²) in [5.74, 6) is -0.101.